The van der Waals surface area contributed by atoms with Crippen molar-refractivity contribution in [2.75, 3.05) is 26.9 Å². The molecule has 0 amide bonds. The van der Waals surface area contributed by atoms with Crippen molar-refractivity contribution in [3.05, 3.63) is 0 Å². The fraction of sp³-hybridized carbons (Fsp3) is 0.833. The van der Waals surface area contributed by atoms with Crippen LogP contribution in [0.15, 0.2) is 0 Å². The first-order valence-electron chi connectivity index (χ1n) is 3.23. The van der Waals surface area contributed by atoms with E-state index in [2.05, 4.69) is 10.1 Å². The Morgan fingerprint density at radius 3 is 3.10 bits per heavy atom. The number of nitrogens with one attached hydrogen (secondary N) is 1. The molecule has 1 fully saturated rings. The summed E-state index contributed by atoms with van der Waals surface area (Å²) in [5.74, 6) is -0.250. The van der Waals surface area contributed by atoms with Gasteiger partial charge in [-0.1, -0.05) is 0 Å². The largest absolute Gasteiger partial charge is 0.468 e. The molecule has 1 heterocycles. The van der Waals surface area contributed by atoms with E-state index in [9.17, 15) is 4.79 Å². The average Bonchev–Trinajstić information content (AvgIpc) is 2.05. The molecule has 1 N–H and O–H groups in total. The van der Waals surface area contributed by atoms with Crippen LogP contribution in [0.3, 0.4) is 0 Å². The van der Waals surface area contributed by atoms with E-state index in [-0.39, 0.29) is 12.0 Å². The minimum absolute atomic E-state index is 0.250. The lowest BCUT2D eigenvalue weighted by molar-refractivity contribution is -0.146. The van der Waals surface area contributed by atoms with Gasteiger partial charge in [0.15, 0.2) is 0 Å². The normalized spacial score (nSPS) is 25.9. The van der Waals surface area contributed by atoms with Gasteiger partial charge in [-0.05, 0) is 0 Å². The van der Waals surface area contributed by atoms with Gasteiger partial charge in [0, 0.05) is 6.54 Å². The first kappa shape index (κ1) is 7.50. The van der Waals surface area contributed by atoms with Crippen LogP contribution in [0.25, 0.3) is 0 Å². The van der Waals surface area contributed by atoms with Gasteiger partial charge in [0.1, 0.15) is 6.04 Å². The summed E-state index contributed by atoms with van der Waals surface area (Å²) in [4.78, 5) is 10.8. The average molecular weight is 145 g/mol. The summed E-state index contributed by atoms with van der Waals surface area (Å²) in [5, 5.41) is 2.97. The van der Waals surface area contributed by atoms with Crippen molar-refractivity contribution in [1.82, 2.24) is 5.32 Å². The van der Waals surface area contributed by atoms with E-state index in [0.29, 0.717) is 13.2 Å². The molecule has 0 bridgehead atoms. The molecule has 1 atom stereocenters. The van der Waals surface area contributed by atoms with Crippen molar-refractivity contribution in [2.45, 2.75) is 6.04 Å². The number of morpholine rings is 1. The molecule has 1 rings (SSSR count). The molecule has 0 aromatic rings. The SMILES string of the molecule is COC(=O)[C@H]1COCCN1. The number of esters is 1. The highest BCUT2D eigenvalue weighted by Crippen LogP contribution is 1.94. The van der Waals surface area contributed by atoms with Crippen molar-refractivity contribution in [1.29, 1.82) is 0 Å². The van der Waals surface area contributed by atoms with Crippen molar-refractivity contribution in [3.8, 4) is 0 Å². The maximum absolute atomic E-state index is 10.8. The predicted molar refractivity (Wildman–Crippen MR) is 34.6 cm³/mol. The quantitative estimate of drug-likeness (QED) is 0.488. The fourth-order valence-electron chi connectivity index (χ4n) is 0.859. The highest BCUT2D eigenvalue weighted by Gasteiger charge is 2.20. The van der Waals surface area contributed by atoms with Crippen molar-refractivity contribution < 1.29 is 14.3 Å². The first-order chi connectivity index (χ1) is 4.84. The predicted octanol–water partition coefficient (Wildman–Crippen LogP) is -0.852. The number of carbonyl (C=O) groups is 1. The van der Waals surface area contributed by atoms with E-state index in [0.717, 1.165) is 6.54 Å². The van der Waals surface area contributed by atoms with Crippen molar-refractivity contribution in [3.63, 3.8) is 0 Å². The van der Waals surface area contributed by atoms with Crippen LogP contribution in [0.5, 0.6) is 0 Å². The molecule has 1 saturated heterocycles. The van der Waals surface area contributed by atoms with E-state index < -0.39 is 0 Å². The summed E-state index contributed by atoms with van der Waals surface area (Å²) in [6.07, 6.45) is 0. The van der Waals surface area contributed by atoms with E-state index in [1.54, 1.807) is 0 Å². The molecule has 58 valence electrons. The number of hydrogen-bond acceptors (Lipinski definition) is 4. The van der Waals surface area contributed by atoms with Crippen LogP contribution < -0.4 is 5.32 Å². The highest BCUT2D eigenvalue weighted by molar-refractivity contribution is 5.75. The van der Waals surface area contributed by atoms with Gasteiger partial charge in [-0.2, -0.15) is 0 Å². The second-order valence-corrected chi connectivity index (χ2v) is 2.10. The third-order valence-corrected chi connectivity index (χ3v) is 1.41. The first-order valence-corrected chi connectivity index (χ1v) is 3.23. The zero-order valence-corrected chi connectivity index (χ0v) is 5.92. The Morgan fingerprint density at radius 1 is 1.80 bits per heavy atom. The lowest BCUT2D eigenvalue weighted by atomic mass is 10.3. The highest BCUT2D eigenvalue weighted by atomic mass is 16.5. The summed E-state index contributed by atoms with van der Waals surface area (Å²) in [6.45, 7) is 1.82. The zero-order chi connectivity index (χ0) is 7.40. The van der Waals surface area contributed by atoms with Gasteiger partial charge >= 0.3 is 5.97 Å². The van der Waals surface area contributed by atoms with Gasteiger partial charge in [0.05, 0.1) is 20.3 Å². The van der Waals surface area contributed by atoms with Crippen LogP contribution in [-0.2, 0) is 14.3 Å². The Kier molecular flexibility index (Phi) is 2.65. The lowest BCUT2D eigenvalue weighted by Crippen LogP contribution is -2.46. The van der Waals surface area contributed by atoms with Crippen LogP contribution >= 0.6 is 0 Å². The molecule has 0 radical (unpaired) electrons. The Hall–Kier alpha value is -0.610. The Morgan fingerprint density at radius 2 is 2.60 bits per heavy atom. The topological polar surface area (TPSA) is 47.6 Å². The van der Waals surface area contributed by atoms with Gasteiger partial charge in [-0.25, -0.2) is 0 Å². The minimum Gasteiger partial charge on any atom is -0.468 e. The summed E-state index contributed by atoms with van der Waals surface area (Å²) >= 11 is 0. The van der Waals surface area contributed by atoms with Gasteiger partial charge < -0.3 is 14.8 Å². The summed E-state index contributed by atoms with van der Waals surface area (Å²) in [5.41, 5.74) is 0. The molecule has 0 aliphatic carbocycles. The van der Waals surface area contributed by atoms with E-state index in [1.165, 1.54) is 7.11 Å². The van der Waals surface area contributed by atoms with Crippen LogP contribution in [-0.4, -0.2) is 38.9 Å². The van der Waals surface area contributed by atoms with Gasteiger partial charge in [0.25, 0.3) is 0 Å². The molecule has 0 aromatic heterocycles. The zero-order valence-electron chi connectivity index (χ0n) is 5.92. The standard InChI is InChI=1S/C6H11NO3/c1-9-6(8)5-4-10-3-2-7-5/h5,7H,2-4H2,1H3/t5-/m1/s1. The number of hydrogen-bond donors (Lipinski definition) is 1. The van der Waals surface area contributed by atoms with E-state index in [1.807, 2.05) is 0 Å². The van der Waals surface area contributed by atoms with Gasteiger partial charge in [-0.3, -0.25) is 4.79 Å². The summed E-state index contributed by atoms with van der Waals surface area (Å²) in [7, 11) is 1.37. The maximum Gasteiger partial charge on any atom is 0.325 e. The number of rotatable bonds is 1. The molecule has 0 saturated carbocycles. The monoisotopic (exact) mass is 145 g/mol. The third-order valence-electron chi connectivity index (χ3n) is 1.41. The number of methoxy groups -OCH3 is 1. The molecular weight excluding hydrogens is 134 g/mol. The molecule has 0 aromatic carbocycles. The molecule has 1 aliphatic rings. The van der Waals surface area contributed by atoms with Gasteiger partial charge in [-0.15, -0.1) is 0 Å². The summed E-state index contributed by atoms with van der Waals surface area (Å²) in [6, 6.07) is -0.265. The molecule has 1 aliphatic heterocycles. The smallest absolute Gasteiger partial charge is 0.325 e. The van der Waals surface area contributed by atoms with Crippen LogP contribution in [0.4, 0.5) is 0 Å². The maximum atomic E-state index is 10.8. The van der Waals surface area contributed by atoms with Crippen molar-refractivity contribution >= 4 is 5.97 Å². The summed E-state index contributed by atoms with van der Waals surface area (Å²) < 4.78 is 9.55. The number of ether oxygens (including phenoxy) is 2. The Balaban J connectivity index is 2.31. The van der Waals surface area contributed by atoms with Gasteiger partial charge in [0.2, 0.25) is 0 Å². The van der Waals surface area contributed by atoms with Crippen molar-refractivity contribution in [2.24, 2.45) is 0 Å². The Bertz CT molecular complexity index is 120. The molecule has 4 heteroatoms. The van der Waals surface area contributed by atoms with E-state index in [4.69, 9.17) is 4.74 Å². The fourth-order valence-corrected chi connectivity index (χ4v) is 0.859. The molecule has 4 nitrogen and oxygen atoms in total. The second kappa shape index (κ2) is 3.53. The van der Waals surface area contributed by atoms with Crippen LogP contribution in [0, 0.1) is 0 Å². The molecule has 0 spiro atoms. The number of carbonyl (C=O) groups excluding carboxylic acids is 1. The third kappa shape index (κ3) is 1.68. The van der Waals surface area contributed by atoms with Crippen LogP contribution in [0.1, 0.15) is 0 Å². The second-order valence-electron chi connectivity index (χ2n) is 2.10. The molecular formula is C6H11NO3. The minimum atomic E-state index is -0.265. The van der Waals surface area contributed by atoms with E-state index >= 15 is 0 Å². The van der Waals surface area contributed by atoms with Crippen LogP contribution in [0.2, 0.25) is 0 Å². The molecule has 0 unspecified atom stereocenters. The molecule has 10 heavy (non-hydrogen) atoms. The lowest BCUT2D eigenvalue weighted by Gasteiger charge is -2.20. The Labute approximate surface area is 59.5 Å².